The second-order valence-corrected chi connectivity index (χ2v) is 5.26. The molecule has 1 atom stereocenters. The third-order valence-corrected chi connectivity index (χ3v) is 3.79. The average Bonchev–Trinajstić information content (AvgIpc) is 2.90. The van der Waals surface area contributed by atoms with Gasteiger partial charge in [0, 0.05) is 6.54 Å². The zero-order valence-electron chi connectivity index (χ0n) is 13.0. The molecular weight excluding hydrogens is 246 g/mol. The Hall–Kier alpha value is -1.61. The van der Waals surface area contributed by atoms with Gasteiger partial charge in [-0.25, -0.2) is 0 Å². The summed E-state index contributed by atoms with van der Waals surface area (Å²) in [7, 11) is 2.03. The van der Waals surface area contributed by atoms with Crippen LogP contribution >= 0.6 is 0 Å². The second-order valence-electron chi connectivity index (χ2n) is 5.26. The highest BCUT2D eigenvalue weighted by Gasteiger charge is 2.16. The van der Waals surface area contributed by atoms with Crippen molar-refractivity contribution < 1.29 is 0 Å². The molecule has 1 aromatic heterocycles. The van der Waals surface area contributed by atoms with Crippen LogP contribution in [0, 0.1) is 6.92 Å². The number of hydrogen-bond donors (Lipinski definition) is 1. The fourth-order valence-corrected chi connectivity index (χ4v) is 2.51. The highest BCUT2D eigenvalue weighted by Crippen LogP contribution is 2.20. The van der Waals surface area contributed by atoms with Crippen LogP contribution in [0.4, 0.5) is 0 Å². The van der Waals surface area contributed by atoms with E-state index in [-0.39, 0.29) is 0 Å². The van der Waals surface area contributed by atoms with E-state index in [0.29, 0.717) is 6.04 Å². The second kappa shape index (κ2) is 6.71. The number of aryl methyl sites for hydroxylation is 3. The lowest BCUT2D eigenvalue weighted by atomic mass is 10.0. The van der Waals surface area contributed by atoms with Gasteiger partial charge in [-0.2, -0.15) is 5.10 Å². The van der Waals surface area contributed by atoms with Crippen molar-refractivity contribution in [3.63, 3.8) is 0 Å². The Morgan fingerprint density at radius 3 is 2.45 bits per heavy atom. The standard InChI is InChI=1S/C17H25N3/c1-5-15-12-17(20(6-2)19-15)16(18-4)11-14-9-7-13(3)8-10-14/h7-10,12,16,18H,5-6,11H2,1-4H3. The molecular formula is C17H25N3. The van der Waals surface area contributed by atoms with Gasteiger partial charge in [-0.15, -0.1) is 0 Å². The molecule has 0 aliphatic carbocycles. The Kier molecular flexibility index (Phi) is 4.96. The summed E-state index contributed by atoms with van der Waals surface area (Å²) in [5.41, 5.74) is 5.12. The van der Waals surface area contributed by atoms with Crippen LogP contribution in [0.5, 0.6) is 0 Å². The molecule has 0 bridgehead atoms. The number of hydrogen-bond acceptors (Lipinski definition) is 2. The van der Waals surface area contributed by atoms with Crippen molar-refractivity contribution in [2.45, 2.75) is 46.2 Å². The first-order chi connectivity index (χ1) is 9.67. The van der Waals surface area contributed by atoms with Crippen LogP contribution in [0.25, 0.3) is 0 Å². The predicted molar refractivity (Wildman–Crippen MR) is 84.0 cm³/mol. The zero-order chi connectivity index (χ0) is 14.5. The normalized spacial score (nSPS) is 12.6. The lowest BCUT2D eigenvalue weighted by molar-refractivity contribution is 0.512. The van der Waals surface area contributed by atoms with Crippen LogP contribution in [0.3, 0.4) is 0 Å². The van der Waals surface area contributed by atoms with E-state index in [1.807, 2.05) is 7.05 Å². The molecule has 1 unspecified atom stereocenters. The van der Waals surface area contributed by atoms with Gasteiger partial charge in [-0.1, -0.05) is 36.8 Å². The molecule has 20 heavy (non-hydrogen) atoms. The lowest BCUT2D eigenvalue weighted by Gasteiger charge is -2.17. The molecule has 2 aromatic rings. The van der Waals surface area contributed by atoms with Crippen LogP contribution in [0.1, 0.15) is 42.4 Å². The van der Waals surface area contributed by atoms with E-state index in [0.717, 1.165) is 19.4 Å². The molecule has 2 rings (SSSR count). The molecule has 0 fully saturated rings. The Morgan fingerprint density at radius 2 is 1.90 bits per heavy atom. The lowest BCUT2D eigenvalue weighted by Crippen LogP contribution is -2.22. The fourth-order valence-electron chi connectivity index (χ4n) is 2.51. The van der Waals surface area contributed by atoms with E-state index >= 15 is 0 Å². The summed E-state index contributed by atoms with van der Waals surface area (Å²) in [5, 5.41) is 8.08. The van der Waals surface area contributed by atoms with Gasteiger partial charge in [0.1, 0.15) is 0 Å². The summed E-state index contributed by atoms with van der Waals surface area (Å²) in [6, 6.07) is 11.3. The molecule has 0 saturated heterocycles. The highest BCUT2D eigenvalue weighted by molar-refractivity contribution is 5.24. The maximum absolute atomic E-state index is 4.65. The summed E-state index contributed by atoms with van der Waals surface area (Å²) in [4.78, 5) is 0. The van der Waals surface area contributed by atoms with Crippen LogP contribution in [0.2, 0.25) is 0 Å². The first-order valence-electron chi connectivity index (χ1n) is 7.47. The van der Waals surface area contributed by atoms with Crippen molar-refractivity contribution in [3.8, 4) is 0 Å². The first-order valence-corrected chi connectivity index (χ1v) is 7.47. The molecule has 0 spiro atoms. The molecule has 1 N–H and O–H groups in total. The number of likely N-dealkylation sites (N-methyl/N-ethyl adjacent to an activating group) is 1. The van der Waals surface area contributed by atoms with Crippen LogP contribution < -0.4 is 5.32 Å². The van der Waals surface area contributed by atoms with E-state index in [1.54, 1.807) is 0 Å². The summed E-state index contributed by atoms with van der Waals surface area (Å²) in [6.45, 7) is 7.34. The van der Waals surface area contributed by atoms with Crippen molar-refractivity contribution in [1.29, 1.82) is 0 Å². The topological polar surface area (TPSA) is 29.9 Å². The van der Waals surface area contributed by atoms with E-state index in [1.165, 1.54) is 22.5 Å². The average molecular weight is 271 g/mol. The summed E-state index contributed by atoms with van der Waals surface area (Å²) in [5.74, 6) is 0. The minimum Gasteiger partial charge on any atom is -0.311 e. The van der Waals surface area contributed by atoms with Gasteiger partial charge in [0.05, 0.1) is 17.4 Å². The number of rotatable bonds is 6. The smallest absolute Gasteiger partial charge is 0.0625 e. The van der Waals surface area contributed by atoms with Crippen LogP contribution in [0.15, 0.2) is 30.3 Å². The molecule has 3 nitrogen and oxygen atoms in total. The van der Waals surface area contributed by atoms with Crippen molar-refractivity contribution >= 4 is 0 Å². The molecule has 0 radical (unpaired) electrons. The summed E-state index contributed by atoms with van der Waals surface area (Å²) >= 11 is 0. The summed E-state index contributed by atoms with van der Waals surface area (Å²) < 4.78 is 2.12. The van der Waals surface area contributed by atoms with Crippen molar-refractivity contribution in [1.82, 2.24) is 15.1 Å². The van der Waals surface area contributed by atoms with E-state index in [2.05, 4.69) is 66.2 Å². The Labute approximate surface area is 122 Å². The maximum Gasteiger partial charge on any atom is 0.0625 e. The van der Waals surface area contributed by atoms with Crippen molar-refractivity contribution in [2.75, 3.05) is 7.05 Å². The van der Waals surface area contributed by atoms with E-state index in [9.17, 15) is 0 Å². The van der Waals surface area contributed by atoms with Crippen molar-refractivity contribution in [3.05, 3.63) is 52.8 Å². The van der Waals surface area contributed by atoms with E-state index in [4.69, 9.17) is 0 Å². The highest BCUT2D eigenvalue weighted by atomic mass is 15.3. The van der Waals surface area contributed by atoms with Gasteiger partial charge in [-0.3, -0.25) is 4.68 Å². The number of aromatic nitrogens is 2. The Bertz CT molecular complexity index is 540. The molecule has 0 amide bonds. The predicted octanol–water partition coefficient (Wildman–Crippen LogP) is 3.28. The van der Waals surface area contributed by atoms with Crippen LogP contribution in [-0.4, -0.2) is 16.8 Å². The largest absolute Gasteiger partial charge is 0.311 e. The van der Waals surface area contributed by atoms with Gasteiger partial charge < -0.3 is 5.32 Å². The Balaban J connectivity index is 2.23. The van der Waals surface area contributed by atoms with E-state index < -0.39 is 0 Å². The molecule has 0 saturated carbocycles. The molecule has 0 aliphatic rings. The van der Waals surface area contributed by atoms with Crippen LogP contribution in [-0.2, 0) is 19.4 Å². The third-order valence-electron chi connectivity index (χ3n) is 3.79. The minimum atomic E-state index is 0.311. The van der Waals surface area contributed by atoms with Gasteiger partial charge in [-0.05, 0) is 45.4 Å². The molecule has 108 valence electrons. The quantitative estimate of drug-likeness (QED) is 0.874. The third kappa shape index (κ3) is 3.28. The van der Waals surface area contributed by atoms with Gasteiger partial charge >= 0.3 is 0 Å². The van der Waals surface area contributed by atoms with Gasteiger partial charge in [0.15, 0.2) is 0 Å². The van der Waals surface area contributed by atoms with Gasteiger partial charge in [0.25, 0.3) is 0 Å². The SMILES string of the molecule is CCc1cc(C(Cc2ccc(C)cc2)NC)n(CC)n1. The maximum atomic E-state index is 4.65. The monoisotopic (exact) mass is 271 g/mol. The number of nitrogens with zero attached hydrogens (tertiary/aromatic N) is 2. The minimum absolute atomic E-state index is 0.311. The molecule has 1 heterocycles. The fraction of sp³-hybridized carbons (Fsp3) is 0.471. The number of nitrogens with one attached hydrogen (secondary N) is 1. The zero-order valence-corrected chi connectivity index (χ0v) is 13.0. The molecule has 1 aromatic carbocycles. The summed E-state index contributed by atoms with van der Waals surface area (Å²) in [6.07, 6.45) is 1.98. The van der Waals surface area contributed by atoms with Gasteiger partial charge in [0.2, 0.25) is 0 Å². The Morgan fingerprint density at radius 1 is 1.20 bits per heavy atom. The number of benzene rings is 1. The van der Waals surface area contributed by atoms with Crippen molar-refractivity contribution in [2.24, 2.45) is 0 Å². The molecule has 0 aliphatic heterocycles. The molecule has 3 heteroatoms. The first kappa shape index (κ1) is 14.8.